The first-order valence-electron chi connectivity index (χ1n) is 6.55. The largest absolute Gasteiger partial charge is 0.383 e. The molecule has 0 saturated heterocycles. The van der Waals surface area contributed by atoms with E-state index in [0.29, 0.717) is 6.04 Å². The predicted molar refractivity (Wildman–Crippen MR) is 76.6 cm³/mol. The fourth-order valence-corrected chi connectivity index (χ4v) is 2.15. The lowest BCUT2D eigenvalue weighted by Crippen LogP contribution is -2.14. The van der Waals surface area contributed by atoms with Gasteiger partial charge in [-0.1, -0.05) is 50.1 Å². The first-order valence-corrected chi connectivity index (χ1v) is 6.55. The van der Waals surface area contributed by atoms with Crippen LogP contribution in [0.2, 0.25) is 0 Å². The van der Waals surface area contributed by atoms with Crippen LogP contribution in [0, 0.1) is 0 Å². The Hall–Kier alpha value is -1.50. The molecule has 0 amide bonds. The van der Waals surface area contributed by atoms with Crippen molar-refractivity contribution in [2.75, 3.05) is 5.32 Å². The molecule has 2 aromatic carbocycles. The molecule has 0 spiro atoms. The second-order valence-corrected chi connectivity index (χ2v) is 4.75. The molecular weight excluding hydrogens is 206 g/mol. The maximum Gasteiger partial charge on any atom is 0.0348 e. The zero-order chi connectivity index (χ0) is 12.1. The van der Waals surface area contributed by atoms with Gasteiger partial charge in [0, 0.05) is 11.7 Å². The molecule has 1 heteroatoms. The van der Waals surface area contributed by atoms with Crippen molar-refractivity contribution in [1.29, 1.82) is 0 Å². The number of fused-ring (bicyclic) bond motifs is 1. The van der Waals surface area contributed by atoms with Gasteiger partial charge in [-0.05, 0) is 36.2 Å². The summed E-state index contributed by atoms with van der Waals surface area (Å²) < 4.78 is 0. The smallest absolute Gasteiger partial charge is 0.0348 e. The van der Waals surface area contributed by atoms with Gasteiger partial charge < -0.3 is 5.32 Å². The molecule has 1 N–H and O–H groups in total. The highest BCUT2D eigenvalue weighted by atomic mass is 14.9. The molecule has 90 valence electrons. The Labute approximate surface area is 104 Å². The van der Waals surface area contributed by atoms with Gasteiger partial charge in [0.05, 0.1) is 0 Å². The summed E-state index contributed by atoms with van der Waals surface area (Å²) in [6.07, 6.45) is 3.80. The van der Waals surface area contributed by atoms with Crippen LogP contribution in [0.25, 0.3) is 10.8 Å². The standard InChI is InChI=1S/C16H21N/c1-3-4-7-13(2)17-16-11-10-14-8-5-6-9-15(14)12-16/h5-6,8-13,17H,3-4,7H2,1-2H3/t13-/m1/s1. The summed E-state index contributed by atoms with van der Waals surface area (Å²) in [7, 11) is 0. The van der Waals surface area contributed by atoms with E-state index in [2.05, 4.69) is 61.6 Å². The lowest BCUT2D eigenvalue weighted by Gasteiger charge is -2.15. The van der Waals surface area contributed by atoms with Gasteiger partial charge >= 0.3 is 0 Å². The Morgan fingerprint density at radius 2 is 1.82 bits per heavy atom. The number of anilines is 1. The highest BCUT2D eigenvalue weighted by Gasteiger charge is 2.01. The Balaban J connectivity index is 2.08. The van der Waals surface area contributed by atoms with E-state index in [0.717, 1.165) is 0 Å². The van der Waals surface area contributed by atoms with E-state index < -0.39 is 0 Å². The van der Waals surface area contributed by atoms with Gasteiger partial charge in [-0.2, -0.15) is 0 Å². The van der Waals surface area contributed by atoms with Crippen molar-refractivity contribution in [3.63, 3.8) is 0 Å². The lowest BCUT2D eigenvalue weighted by atomic mass is 10.1. The minimum atomic E-state index is 0.552. The minimum absolute atomic E-state index is 0.552. The van der Waals surface area contributed by atoms with Crippen LogP contribution in [0.4, 0.5) is 5.69 Å². The first-order chi connectivity index (χ1) is 8.29. The fraction of sp³-hybridized carbons (Fsp3) is 0.375. The molecule has 0 bridgehead atoms. The molecule has 0 aliphatic rings. The van der Waals surface area contributed by atoms with Gasteiger partial charge in [0.1, 0.15) is 0 Å². The number of hydrogen-bond donors (Lipinski definition) is 1. The van der Waals surface area contributed by atoms with Crippen molar-refractivity contribution < 1.29 is 0 Å². The maximum atomic E-state index is 3.57. The molecule has 1 atom stereocenters. The average Bonchev–Trinajstić information content (AvgIpc) is 2.36. The Morgan fingerprint density at radius 1 is 1.06 bits per heavy atom. The Bertz CT molecular complexity index is 476. The summed E-state index contributed by atoms with van der Waals surface area (Å²) in [4.78, 5) is 0. The predicted octanol–water partition coefficient (Wildman–Crippen LogP) is 4.83. The molecule has 0 saturated carbocycles. The summed E-state index contributed by atoms with van der Waals surface area (Å²) in [6, 6.07) is 15.6. The van der Waals surface area contributed by atoms with Crippen molar-refractivity contribution in [2.24, 2.45) is 0 Å². The minimum Gasteiger partial charge on any atom is -0.383 e. The average molecular weight is 227 g/mol. The third kappa shape index (κ3) is 3.23. The van der Waals surface area contributed by atoms with Gasteiger partial charge in [-0.3, -0.25) is 0 Å². The molecule has 0 aliphatic carbocycles. The highest BCUT2D eigenvalue weighted by molar-refractivity contribution is 5.85. The van der Waals surface area contributed by atoms with E-state index >= 15 is 0 Å². The molecule has 2 aromatic rings. The topological polar surface area (TPSA) is 12.0 Å². The maximum absolute atomic E-state index is 3.57. The summed E-state index contributed by atoms with van der Waals surface area (Å²) in [6.45, 7) is 4.49. The van der Waals surface area contributed by atoms with Gasteiger partial charge in [0.15, 0.2) is 0 Å². The number of rotatable bonds is 5. The molecule has 1 nitrogen and oxygen atoms in total. The zero-order valence-electron chi connectivity index (χ0n) is 10.7. The second-order valence-electron chi connectivity index (χ2n) is 4.75. The van der Waals surface area contributed by atoms with Crippen LogP contribution < -0.4 is 5.32 Å². The molecule has 0 unspecified atom stereocenters. The van der Waals surface area contributed by atoms with Crippen molar-refractivity contribution >= 4 is 16.5 Å². The van der Waals surface area contributed by atoms with Crippen LogP contribution in [0.3, 0.4) is 0 Å². The summed E-state index contributed by atoms with van der Waals surface area (Å²) in [5.41, 5.74) is 1.23. The molecular formula is C16H21N. The second kappa shape index (κ2) is 5.72. The van der Waals surface area contributed by atoms with Gasteiger partial charge in [-0.15, -0.1) is 0 Å². The third-order valence-corrected chi connectivity index (χ3v) is 3.15. The molecule has 0 fully saturated rings. The van der Waals surface area contributed by atoms with E-state index in [1.165, 1.54) is 35.7 Å². The van der Waals surface area contributed by atoms with Gasteiger partial charge in [0.25, 0.3) is 0 Å². The number of nitrogens with one attached hydrogen (secondary N) is 1. The van der Waals surface area contributed by atoms with Crippen LogP contribution in [0.5, 0.6) is 0 Å². The summed E-state index contributed by atoms with van der Waals surface area (Å²) >= 11 is 0. The van der Waals surface area contributed by atoms with Crippen LogP contribution in [0.1, 0.15) is 33.1 Å². The Kier molecular flexibility index (Phi) is 4.03. The third-order valence-electron chi connectivity index (χ3n) is 3.15. The van der Waals surface area contributed by atoms with E-state index in [1.807, 2.05) is 0 Å². The van der Waals surface area contributed by atoms with Crippen molar-refractivity contribution in [2.45, 2.75) is 39.2 Å². The van der Waals surface area contributed by atoms with Gasteiger partial charge in [-0.25, -0.2) is 0 Å². The number of hydrogen-bond acceptors (Lipinski definition) is 1. The summed E-state index contributed by atoms with van der Waals surface area (Å²) in [5.74, 6) is 0. The molecule has 0 radical (unpaired) electrons. The quantitative estimate of drug-likeness (QED) is 0.771. The lowest BCUT2D eigenvalue weighted by molar-refractivity contribution is 0.645. The van der Waals surface area contributed by atoms with E-state index in [-0.39, 0.29) is 0 Å². The van der Waals surface area contributed by atoms with Gasteiger partial charge in [0.2, 0.25) is 0 Å². The van der Waals surface area contributed by atoms with E-state index in [9.17, 15) is 0 Å². The fourth-order valence-electron chi connectivity index (χ4n) is 2.15. The molecule has 0 aliphatic heterocycles. The number of benzene rings is 2. The first kappa shape index (κ1) is 12.0. The summed E-state index contributed by atoms with van der Waals surface area (Å²) in [5, 5.41) is 6.18. The SMILES string of the molecule is CCCC[C@@H](C)Nc1ccc2ccccc2c1. The highest BCUT2D eigenvalue weighted by Crippen LogP contribution is 2.20. The normalized spacial score (nSPS) is 12.6. The van der Waals surface area contributed by atoms with Crippen molar-refractivity contribution in [3.8, 4) is 0 Å². The van der Waals surface area contributed by atoms with Crippen LogP contribution in [-0.2, 0) is 0 Å². The number of unbranched alkanes of at least 4 members (excludes halogenated alkanes) is 1. The zero-order valence-corrected chi connectivity index (χ0v) is 10.7. The van der Waals surface area contributed by atoms with E-state index in [1.54, 1.807) is 0 Å². The van der Waals surface area contributed by atoms with E-state index in [4.69, 9.17) is 0 Å². The molecule has 17 heavy (non-hydrogen) atoms. The van der Waals surface area contributed by atoms with Crippen molar-refractivity contribution in [3.05, 3.63) is 42.5 Å². The van der Waals surface area contributed by atoms with Crippen LogP contribution in [0.15, 0.2) is 42.5 Å². The van der Waals surface area contributed by atoms with Crippen LogP contribution in [-0.4, -0.2) is 6.04 Å². The Morgan fingerprint density at radius 3 is 2.59 bits per heavy atom. The monoisotopic (exact) mass is 227 g/mol. The molecule has 0 aromatic heterocycles. The van der Waals surface area contributed by atoms with Crippen molar-refractivity contribution in [1.82, 2.24) is 0 Å². The molecule has 2 rings (SSSR count). The molecule has 0 heterocycles. The van der Waals surface area contributed by atoms with Crippen LogP contribution >= 0.6 is 0 Å².